The fourth-order valence-corrected chi connectivity index (χ4v) is 4.20. The molecule has 0 saturated heterocycles. The van der Waals surface area contributed by atoms with Crippen molar-refractivity contribution < 1.29 is 18.4 Å². The van der Waals surface area contributed by atoms with Crippen LogP contribution in [0.5, 0.6) is 0 Å². The lowest BCUT2D eigenvalue weighted by molar-refractivity contribution is 0.0994. The first-order chi connectivity index (χ1) is 9.09. The van der Waals surface area contributed by atoms with E-state index in [0.29, 0.717) is 19.6 Å². The molecule has 0 fully saturated rings. The van der Waals surface area contributed by atoms with E-state index in [2.05, 4.69) is 0 Å². The quantitative estimate of drug-likeness (QED) is 0.748. The van der Waals surface area contributed by atoms with Gasteiger partial charge in [-0.2, -0.15) is 0 Å². The fourth-order valence-electron chi connectivity index (χ4n) is 2.44. The first-order valence-electron chi connectivity index (χ1n) is 6.61. The maximum atomic E-state index is 12.5. The maximum Gasteiger partial charge on any atom is 0.335 e. The van der Waals surface area contributed by atoms with E-state index < -0.39 is 7.60 Å². The molecule has 19 heavy (non-hydrogen) atoms. The van der Waals surface area contributed by atoms with Gasteiger partial charge in [0, 0.05) is 12.0 Å². The summed E-state index contributed by atoms with van der Waals surface area (Å²) in [5, 5.41) is 0. The zero-order valence-corrected chi connectivity index (χ0v) is 12.2. The molecule has 0 heterocycles. The minimum absolute atomic E-state index is 0.166. The van der Waals surface area contributed by atoms with Gasteiger partial charge in [-0.25, -0.2) is 0 Å². The van der Waals surface area contributed by atoms with Crippen LogP contribution in [0.2, 0.25) is 0 Å². The zero-order chi connectivity index (χ0) is 13.9. The number of Topliss-reactive ketones (excluding diaryl/α,β-unsaturated/α-hetero) is 1. The van der Waals surface area contributed by atoms with E-state index in [4.69, 9.17) is 9.05 Å². The van der Waals surface area contributed by atoms with Gasteiger partial charge >= 0.3 is 7.60 Å². The molecule has 1 aromatic carbocycles. The van der Waals surface area contributed by atoms with Crippen molar-refractivity contribution in [2.75, 3.05) is 13.2 Å². The molecule has 0 spiro atoms. The van der Waals surface area contributed by atoms with Crippen molar-refractivity contribution in [2.24, 2.45) is 0 Å². The zero-order valence-electron chi connectivity index (χ0n) is 11.3. The Morgan fingerprint density at radius 3 is 2.47 bits per heavy atom. The van der Waals surface area contributed by atoms with E-state index >= 15 is 0 Å². The van der Waals surface area contributed by atoms with Crippen LogP contribution in [0, 0.1) is 0 Å². The first-order valence-corrected chi connectivity index (χ1v) is 8.34. The van der Waals surface area contributed by atoms with Gasteiger partial charge < -0.3 is 9.05 Å². The summed E-state index contributed by atoms with van der Waals surface area (Å²) in [6.07, 6.45) is 1.51. The Morgan fingerprint density at radius 2 is 1.84 bits per heavy atom. The van der Waals surface area contributed by atoms with Crippen molar-refractivity contribution in [1.29, 1.82) is 0 Å². The largest absolute Gasteiger partial charge is 0.335 e. The number of benzene rings is 1. The Kier molecular flexibility index (Phi) is 4.56. The molecular weight excluding hydrogens is 263 g/mol. The summed E-state index contributed by atoms with van der Waals surface area (Å²) in [5.74, 6) is 0.166. The third-order valence-electron chi connectivity index (χ3n) is 3.19. The minimum Gasteiger partial charge on any atom is -0.309 e. The van der Waals surface area contributed by atoms with Crippen molar-refractivity contribution >= 4 is 13.4 Å². The van der Waals surface area contributed by atoms with Crippen LogP contribution in [0.25, 0.3) is 0 Å². The van der Waals surface area contributed by atoms with E-state index in [1.807, 2.05) is 18.2 Å². The molecule has 1 aliphatic carbocycles. The molecule has 0 aliphatic heterocycles. The number of carbonyl (C=O) groups is 1. The molecule has 0 aromatic heterocycles. The van der Waals surface area contributed by atoms with E-state index in [0.717, 1.165) is 23.1 Å². The van der Waals surface area contributed by atoms with E-state index in [-0.39, 0.29) is 11.9 Å². The average molecular weight is 282 g/mol. The summed E-state index contributed by atoms with van der Waals surface area (Å²) in [6.45, 7) is 4.30. The van der Waals surface area contributed by atoms with E-state index in [9.17, 15) is 9.36 Å². The lowest BCUT2D eigenvalue weighted by Crippen LogP contribution is -2.02. The number of rotatable bonds is 6. The van der Waals surface area contributed by atoms with Gasteiger partial charge in [-0.1, -0.05) is 18.2 Å². The van der Waals surface area contributed by atoms with Crippen molar-refractivity contribution in [3.8, 4) is 0 Å². The lowest BCUT2D eigenvalue weighted by Gasteiger charge is -2.18. The van der Waals surface area contributed by atoms with Gasteiger partial charge in [0.25, 0.3) is 0 Å². The van der Waals surface area contributed by atoms with Crippen molar-refractivity contribution in [3.05, 3.63) is 34.9 Å². The normalized spacial score (nSPS) is 14.7. The van der Waals surface area contributed by atoms with Crippen LogP contribution in [0.15, 0.2) is 18.2 Å². The summed E-state index contributed by atoms with van der Waals surface area (Å²) in [6, 6.07) is 5.57. The minimum atomic E-state index is -3.10. The maximum absolute atomic E-state index is 12.5. The van der Waals surface area contributed by atoms with Gasteiger partial charge in [0.15, 0.2) is 5.78 Å². The molecule has 0 N–H and O–H groups in total. The van der Waals surface area contributed by atoms with Gasteiger partial charge in [0.1, 0.15) is 0 Å². The topological polar surface area (TPSA) is 52.6 Å². The van der Waals surface area contributed by atoms with Crippen LogP contribution in [-0.4, -0.2) is 19.0 Å². The molecule has 1 aromatic rings. The predicted octanol–water partition coefficient (Wildman–Crippen LogP) is 3.58. The monoisotopic (exact) mass is 282 g/mol. The lowest BCUT2D eigenvalue weighted by atomic mass is 10.0. The number of hydrogen-bond donors (Lipinski definition) is 0. The number of fused-ring (bicyclic) bond motifs is 1. The van der Waals surface area contributed by atoms with Gasteiger partial charge in [-0.05, 0) is 31.4 Å². The summed E-state index contributed by atoms with van der Waals surface area (Å²) in [7, 11) is -3.10. The second-order valence-corrected chi connectivity index (χ2v) is 6.53. The second kappa shape index (κ2) is 6.00. The van der Waals surface area contributed by atoms with Crippen LogP contribution < -0.4 is 0 Å². The van der Waals surface area contributed by atoms with Crippen LogP contribution in [0.1, 0.15) is 41.8 Å². The van der Waals surface area contributed by atoms with E-state index in [1.165, 1.54) is 0 Å². The number of ketones is 1. The Bertz CT molecular complexity index is 514. The highest BCUT2D eigenvalue weighted by atomic mass is 31.2. The standard InChI is InChI=1S/C14H19O4P/c1-3-17-19(16,18-4-2)10-11-6-5-7-13-12(11)8-9-14(13)15/h5-7H,3-4,8-10H2,1-2H3. The van der Waals surface area contributed by atoms with Crippen LogP contribution >= 0.6 is 7.60 Å². The second-order valence-electron chi connectivity index (χ2n) is 4.47. The molecule has 2 rings (SSSR count). The molecular formula is C14H19O4P. The van der Waals surface area contributed by atoms with Gasteiger partial charge in [-0.3, -0.25) is 9.36 Å². The number of hydrogen-bond acceptors (Lipinski definition) is 4. The van der Waals surface area contributed by atoms with Gasteiger partial charge in [0.2, 0.25) is 0 Å². The summed E-state index contributed by atoms with van der Waals surface area (Å²) < 4.78 is 23.2. The smallest absolute Gasteiger partial charge is 0.309 e. The Labute approximate surface area is 113 Å². The van der Waals surface area contributed by atoms with Crippen LogP contribution in [0.4, 0.5) is 0 Å². The van der Waals surface area contributed by atoms with Gasteiger partial charge in [-0.15, -0.1) is 0 Å². The number of carbonyl (C=O) groups excluding carboxylic acids is 1. The SMILES string of the molecule is CCOP(=O)(Cc1cccc2c1CCC2=O)OCC. The molecule has 5 heteroatoms. The molecule has 0 amide bonds. The molecule has 0 bridgehead atoms. The van der Waals surface area contributed by atoms with Gasteiger partial charge in [0.05, 0.1) is 19.4 Å². The average Bonchev–Trinajstić information content (AvgIpc) is 2.73. The third kappa shape index (κ3) is 3.14. The molecule has 0 saturated carbocycles. The Balaban J connectivity index is 2.28. The fraction of sp³-hybridized carbons (Fsp3) is 0.500. The van der Waals surface area contributed by atoms with Crippen molar-refractivity contribution in [1.82, 2.24) is 0 Å². The molecule has 0 radical (unpaired) electrons. The molecule has 0 unspecified atom stereocenters. The van der Waals surface area contributed by atoms with Crippen LogP contribution in [-0.2, 0) is 26.2 Å². The first kappa shape index (κ1) is 14.4. The Morgan fingerprint density at radius 1 is 1.16 bits per heavy atom. The molecule has 4 nitrogen and oxygen atoms in total. The molecule has 104 valence electrons. The Hall–Kier alpha value is -0.960. The van der Waals surface area contributed by atoms with Crippen molar-refractivity contribution in [3.63, 3.8) is 0 Å². The predicted molar refractivity (Wildman–Crippen MR) is 73.7 cm³/mol. The highest BCUT2D eigenvalue weighted by Crippen LogP contribution is 2.52. The summed E-state index contributed by atoms with van der Waals surface area (Å²) in [4.78, 5) is 11.7. The van der Waals surface area contributed by atoms with Crippen LogP contribution in [0.3, 0.4) is 0 Å². The van der Waals surface area contributed by atoms with E-state index in [1.54, 1.807) is 13.8 Å². The molecule has 0 atom stereocenters. The highest BCUT2D eigenvalue weighted by Gasteiger charge is 2.28. The summed E-state index contributed by atoms with van der Waals surface area (Å²) >= 11 is 0. The highest BCUT2D eigenvalue weighted by molar-refractivity contribution is 7.53. The molecule has 1 aliphatic rings. The third-order valence-corrected chi connectivity index (χ3v) is 5.22. The van der Waals surface area contributed by atoms with Crippen molar-refractivity contribution in [2.45, 2.75) is 32.9 Å². The summed E-state index contributed by atoms with van der Waals surface area (Å²) in [5.41, 5.74) is 2.68.